The zero-order chi connectivity index (χ0) is 16.0. The van der Waals surface area contributed by atoms with Gasteiger partial charge in [-0.1, -0.05) is 48.0 Å². The van der Waals surface area contributed by atoms with E-state index in [4.69, 9.17) is 34.8 Å². The van der Waals surface area contributed by atoms with Crippen LogP contribution in [0.5, 0.6) is 0 Å². The molecule has 2 aromatic rings. The quantitative estimate of drug-likeness (QED) is 0.763. The van der Waals surface area contributed by atoms with Crippen LogP contribution in [0.4, 0.5) is 5.69 Å². The number of anilines is 1. The largest absolute Gasteiger partial charge is 0.325 e. The highest BCUT2D eigenvalue weighted by Gasteiger charge is 2.72. The summed E-state index contributed by atoms with van der Waals surface area (Å²) >= 11 is 18.7. The summed E-state index contributed by atoms with van der Waals surface area (Å²) in [4.78, 5) is 12.9. The number of rotatable bonds is 3. The van der Waals surface area contributed by atoms with Crippen molar-refractivity contribution in [2.24, 2.45) is 0 Å². The normalized spacial score (nSPS) is 22.2. The second kappa shape index (κ2) is 5.45. The first-order chi connectivity index (χ1) is 10.4. The average molecular weight is 355 g/mol. The average Bonchev–Trinajstić information content (AvgIpc) is 3.09. The zero-order valence-corrected chi connectivity index (χ0v) is 14.1. The number of carbonyl (C=O) groups excluding carboxylic acids is 1. The van der Waals surface area contributed by atoms with Crippen LogP contribution in [0.1, 0.15) is 17.5 Å². The molecule has 3 rings (SSSR count). The molecule has 0 radical (unpaired) electrons. The number of hydrogen-bond acceptors (Lipinski definition) is 1. The summed E-state index contributed by atoms with van der Waals surface area (Å²) in [5, 5.41) is 3.52. The highest BCUT2D eigenvalue weighted by atomic mass is 35.5. The van der Waals surface area contributed by atoms with Gasteiger partial charge in [-0.15, -0.1) is 23.2 Å². The van der Waals surface area contributed by atoms with Crippen LogP contribution in [-0.2, 0) is 10.2 Å². The highest BCUT2D eigenvalue weighted by molar-refractivity contribution is 6.54. The van der Waals surface area contributed by atoms with Crippen molar-refractivity contribution >= 4 is 46.4 Å². The van der Waals surface area contributed by atoms with Gasteiger partial charge in [-0.05, 0) is 30.2 Å². The Balaban J connectivity index is 1.95. The van der Waals surface area contributed by atoms with Gasteiger partial charge in [0, 0.05) is 17.1 Å². The van der Waals surface area contributed by atoms with Gasteiger partial charge in [0.2, 0.25) is 5.91 Å². The Labute approximate surface area is 144 Å². The fourth-order valence-corrected chi connectivity index (χ4v) is 3.64. The van der Waals surface area contributed by atoms with Crippen LogP contribution < -0.4 is 5.32 Å². The fourth-order valence-electron chi connectivity index (χ4n) is 2.67. The van der Waals surface area contributed by atoms with E-state index in [9.17, 15) is 4.79 Å². The topological polar surface area (TPSA) is 29.1 Å². The first-order valence-electron chi connectivity index (χ1n) is 6.88. The molecule has 1 atom stereocenters. The Morgan fingerprint density at radius 1 is 1.09 bits per heavy atom. The van der Waals surface area contributed by atoms with E-state index in [-0.39, 0.29) is 5.91 Å². The van der Waals surface area contributed by atoms with E-state index in [0.717, 1.165) is 11.1 Å². The smallest absolute Gasteiger partial charge is 0.238 e. The summed E-state index contributed by atoms with van der Waals surface area (Å²) in [5.74, 6) is -0.214. The third-order valence-electron chi connectivity index (χ3n) is 4.16. The van der Waals surface area contributed by atoms with Gasteiger partial charge in [-0.25, -0.2) is 0 Å². The van der Waals surface area contributed by atoms with E-state index in [1.54, 1.807) is 12.1 Å². The number of carbonyl (C=O) groups is 1. The van der Waals surface area contributed by atoms with Crippen LogP contribution in [0.2, 0.25) is 5.02 Å². The van der Waals surface area contributed by atoms with Crippen molar-refractivity contribution in [2.75, 3.05) is 5.32 Å². The molecule has 0 heterocycles. The van der Waals surface area contributed by atoms with Gasteiger partial charge in [0.1, 0.15) is 9.75 Å². The van der Waals surface area contributed by atoms with Crippen LogP contribution >= 0.6 is 34.8 Å². The highest BCUT2D eigenvalue weighted by Crippen LogP contribution is 2.65. The number of nitrogens with one attached hydrogen (secondary N) is 1. The summed E-state index contributed by atoms with van der Waals surface area (Å²) in [5.41, 5.74) is 1.38. The third-order valence-corrected chi connectivity index (χ3v) is 5.48. The Morgan fingerprint density at radius 3 is 2.32 bits per heavy atom. The van der Waals surface area contributed by atoms with Gasteiger partial charge < -0.3 is 5.32 Å². The molecule has 1 aliphatic carbocycles. The van der Waals surface area contributed by atoms with E-state index in [1.165, 1.54) is 0 Å². The predicted molar refractivity (Wildman–Crippen MR) is 92.0 cm³/mol. The van der Waals surface area contributed by atoms with Crippen molar-refractivity contribution in [3.05, 3.63) is 64.7 Å². The Kier molecular flexibility index (Phi) is 3.88. The summed E-state index contributed by atoms with van der Waals surface area (Å²) in [6, 6.07) is 14.8. The number of hydrogen-bond donors (Lipinski definition) is 1. The number of amides is 1. The molecule has 0 aromatic heterocycles. The summed E-state index contributed by atoms with van der Waals surface area (Å²) in [7, 11) is 0. The zero-order valence-electron chi connectivity index (χ0n) is 11.9. The minimum Gasteiger partial charge on any atom is -0.325 e. The molecule has 1 aliphatic rings. The van der Waals surface area contributed by atoms with E-state index in [2.05, 4.69) is 5.32 Å². The van der Waals surface area contributed by atoms with Crippen molar-refractivity contribution in [3.63, 3.8) is 0 Å². The lowest BCUT2D eigenvalue weighted by Gasteiger charge is -2.19. The molecule has 2 nitrogen and oxygen atoms in total. The fraction of sp³-hybridized carbons (Fsp3) is 0.235. The molecule has 5 heteroatoms. The van der Waals surface area contributed by atoms with Gasteiger partial charge in [-0.2, -0.15) is 0 Å². The summed E-state index contributed by atoms with van der Waals surface area (Å²) in [6.45, 7) is 1.86. The molecule has 114 valence electrons. The van der Waals surface area contributed by atoms with Gasteiger partial charge in [-0.3, -0.25) is 4.79 Å². The molecule has 0 bridgehead atoms. The van der Waals surface area contributed by atoms with Crippen LogP contribution in [-0.4, -0.2) is 10.2 Å². The van der Waals surface area contributed by atoms with Crippen molar-refractivity contribution in [1.82, 2.24) is 0 Å². The molecular weight excluding hydrogens is 341 g/mol. The monoisotopic (exact) mass is 353 g/mol. The second-order valence-electron chi connectivity index (χ2n) is 5.52. The lowest BCUT2D eigenvalue weighted by Crippen LogP contribution is -2.32. The Morgan fingerprint density at radius 2 is 1.73 bits per heavy atom. The molecule has 1 N–H and O–H groups in total. The van der Waals surface area contributed by atoms with Gasteiger partial charge >= 0.3 is 0 Å². The molecule has 22 heavy (non-hydrogen) atoms. The minimum absolute atomic E-state index is 0.214. The summed E-state index contributed by atoms with van der Waals surface area (Å²) < 4.78 is -1.09. The van der Waals surface area contributed by atoms with Crippen LogP contribution in [0.15, 0.2) is 48.5 Å². The van der Waals surface area contributed by atoms with Crippen LogP contribution in [0.3, 0.4) is 0 Å². The van der Waals surface area contributed by atoms with E-state index in [1.807, 2.05) is 43.3 Å². The molecular formula is C17H14Cl3NO. The molecule has 0 unspecified atom stereocenters. The maximum absolute atomic E-state index is 12.9. The Bertz CT molecular complexity index is 730. The first-order valence-corrected chi connectivity index (χ1v) is 8.02. The standard InChI is InChI=1S/C17H14Cl3NO/c1-11-13(18)8-5-9-14(11)21-15(22)16(10-17(16,19)20)12-6-3-2-4-7-12/h2-9H,10H2,1H3,(H,21,22)/t16-/m1/s1. The lowest BCUT2D eigenvalue weighted by molar-refractivity contribution is -0.118. The number of alkyl halides is 2. The molecule has 1 fully saturated rings. The second-order valence-corrected chi connectivity index (χ2v) is 7.41. The molecule has 0 saturated heterocycles. The summed E-state index contributed by atoms with van der Waals surface area (Å²) in [6.07, 6.45) is 0.387. The Hall–Kier alpha value is -1.22. The van der Waals surface area contributed by atoms with E-state index < -0.39 is 9.75 Å². The molecule has 1 saturated carbocycles. The predicted octanol–water partition coefficient (Wildman–Crippen LogP) is 5.10. The molecule has 0 spiro atoms. The maximum atomic E-state index is 12.9. The van der Waals surface area contributed by atoms with Gasteiger partial charge in [0.15, 0.2) is 0 Å². The minimum atomic E-state index is -1.09. The van der Waals surface area contributed by atoms with Crippen molar-refractivity contribution < 1.29 is 4.79 Å². The van der Waals surface area contributed by atoms with Crippen molar-refractivity contribution in [3.8, 4) is 0 Å². The third kappa shape index (κ3) is 2.40. The number of halogens is 3. The van der Waals surface area contributed by atoms with Gasteiger partial charge in [0.25, 0.3) is 0 Å². The maximum Gasteiger partial charge on any atom is 0.238 e. The van der Waals surface area contributed by atoms with E-state index in [0.29, 0.717) is 17.1 Å². The lowest BCUT2D eigenvalue weighted by atomic mass is 9.94. The first kappa shape index (κ1) is 15.7. The molecule has 0 aliphatic heterocycles. The molecule has 2 aromatic carbocycles. The molecule has 1 amide bonds. The van der Waals surface area contributed by atoms with Gasteiger partial charge in [0.05, 0.1) is 0 Å². The van der Waals surface area contributed by atoms with Crippen molar-refractivity contribution in [2.45, 2.75) is 23.1 Å². The SMILES string of the molecule is Cc1c(Cl)cccc1NC(=O)[C@]1(c2ccccc2)CC1(Cl)Cl. The van der Waals surface area contributed by atoms with Crippen LogP contribution in [0, 0.1) is 6.92 Å². The van der Waals surface area contributed by atoms with Crippen molar-refractivity contribution in [1.29, 1.82) is 0 Å². The van der Waals surface area contributed by atoms with E-state index >= 15 is 0 Å². The number of benzene rings is 2. The van der Waals surface area contributed by atoms with Crippen LogP contribution in [0.25, 0.3) is 0 Å².